The molecule has 0 unspecified atom stereocenters. The van der Waals surface area contributed by atoms with Gasteiger partial charge in [-0.05, 0) is 31.0 Å². The number of hydrogen-bond donors (Lipinski definition) is 1. The third-order valence-electron chi connectivity index (χ3n) is 3.49. The van der Waals surface area contributed by atoms with Gasteiger partial charge in [0.1, 0.15) is 5.82 Å². The lowest BCUT2D eigenvalue weighted by molar-refractivity contribution is 0.279. The van der Waals surface area contributed by atoms with E-state index >= 15 is 0 Å². The highest BCUT2D eigenvalue weighted by molar-refractivity contribution is 5.25. The molecule has 104 valence electrons. The van der Waals surface area contributed by atoms with Gasteiger partial charge in [-0.15, -0.1) is 6.58 Å². The molecule has 3 heteroatoms. The van der Waals surface area contributed by atoms with Gasteiger partial charge < -0.3 is 5.32 Å². The Labute approximate surface area is 115 Å². The number of nitrogens with zero attached hydrogens (tertiary/aromatic N) is 1. The van der Waals surface area contributed by atoms with Gasteiger partial charge in [-0.2, -0.15) is 0 Å². The number of hydrogen-bond acceptors (Lipinski definition) is 2. The number of halogens is 1. The van der Waals surface area contributed by atoms with E-state index in [9.17, 15) is 4.39 Å². The third-order valence-corrected chi connectivity index (χ3v) is 3.49. The molecule has 0 atom stereocenters. The molecule has 0 spiro atoms. The van der Waals surface area contributed by atoms with Gasteiger partial charge in [0.2, 0.25) is 0 Å². The fraction of sp³-hybridized carbons (Fsp3) is 0.500. The van der Waals surface area contributed by atoms with Crippen LogP contribution in [0.1, 0.15) is 30.9 Å². The lowest BCUT2D eigenvalue weighted by Gasteiger charge is -2.21. The molecule has 0 radical (unpaired) electrons. The van der Waals surface area contributed by atoms with E-state index in [0.29, 0.717) is 12.6 Å². The molecule has 0 saturated heterocycles. The molecule has 0 heterocycles. The normalized spacial score (nSPS) is 14.9. The molecule has 2 nitrogen and oxygen atoms in total. The molecule has 0 aromatic heterocycles. The molecule has 0 amide bonds. The Kier molecular flexibility index (Phi) is 5.11. The van der Waals surface area contributed by atoms with Crippen LogP contribution in [0, 0.1) is 5.82 Å². The summed E-state index contributed by atoms with van der Waals surface area (Å²) in [5, 5.41) is 3.27. The van der Waals surface area contributed by atoms with Crippen molar-refractivity contribution in [1.29, 1.82) is 0 Å². The van der Waals surface area contributed by atoms with Crippen LogP contribution in [0.25, 0.3) is 0 Å². The fourth-order valence-electron chi connectivity index (χ4n) is 2.30. The first-order chi connectivity index (χ1) is 9.24. The largest absolute Gasteiger partial charge is 0.313 e. The molecule has 0 bridgehead atoms. The van der Waals surface area contributed by atoms with Crippen LogP contribution >= 0.6 is 0 Å². The standard InChI is InChI=1S/C16H23FN2/c1-3-9-19(15-6-7-15)12-14-10-13(11-18-4-2)5-8-16(14)17/h3,5,8,10,15,18H,1,4,6-7,9,11-12H2,2H3. The summed E-state index contributed by atoms with van der Waals surface area (Å²) < 4.78 is 13.9. The highest BCUT2D eigenvalue weighted by atomic mass is 19.1. The average Bonchev–Trinajstić information content (AvgIpc) is 3.23. The molecule has 1 aliphatic rings. The van der Waals surface area contributed by atoms with Crippen LogP contribution < -0.4 is 5.32 Å². The smallest absolute Gasteiger partial charge is 0.127 e. The molecule has 19 heavy (non-hydrogen) atoms. The SMILES string of the molecule is C=CCN(Cc1cc(CNCC)ccc1F)C1CC1. The molecule has 1 saturated carbocycles. The Balaban J connectivity index is 2.06. The van der Waals surface area contributed by atoms with Gasteiger partial charge in [-0.1, -0.05) is 25.1 Å². The van der Waals surface area contributed by atoms with E-state index in [1.54, 1.807) is 6.07 Å². The Morgan fingerprint density at radius 1 is 1.47 bits per heavy atom. The minimum absolute atomic E-state index is 0.102. The quantitative estimate of drug-likeness (QED) is 0.724. The van der Waals surface area contributed by atoms with Crippen LogP contribution in [0.5, 0.6) is 0 Å². The molecule has 1 N–H and O–H groups in total. The van der Waals surface area contributed by atoms with Gasteiger partial charge >= 0.3 is 0 Å². The van der Waals surface area contributed by atoms with Crippen LogP contribution in [0.2, 0.25) is 0 Å². The first kappa shape index (κ1) is 14.2. The molecule has 0 aliphatic heterocycles. The first-order valence-corrected chi connectivity index (χ1v) is 7.07. The summed E-state index contributed by atoms with van der Waals surface area (Å²) in [5.74, 6) is -0.102. The summed E-state index contributed by atoms with van der Waals surface area (Å²) in [7, 11) is 0. The summed E-state index contributed by atoms with van der Waals surface area (Å²) in [6, 6.07) is 6.04. The molecular weight excluding hydrogens is 239 g/mol. The van der Waals surface area contributed by atoms with Crippen molar-refractivity contribution in [3.8, 4) is 0 Å². The highest BCUT2D eigenvalue weighted by Gasteiger charge is 2.28. The molecular formula is C16H23FN2. The van der Waals surface area contributed by atoms with Gasteiger partial charge in [-0.3, -0.25) is 4.90 Å². The maximum atomic E-state index is 13.9. The lowest BCUT2D eigenvalue weighted by atomic mass is 10.1. The zero-order chi connectivity index (χ0) is 13.7. The minimum Gasteiger partial charge on any atom is -0.313 e. The minimum atomic E-state index is -0.102. The predicted octanol–water partition coefficient (Wildman–Crippen LogP) is 3.09. The number of benzene rings is 1. The van der Waals surface area contributed by atoms with Crippen LogP contribution in [0.4, 0.5) is 4.39 Å². The van der Waals surface area contributed by atoms with Gasteiger partial charge in [0.25, 0.3) is 0 Å². The van der Waals surface area contributed by atoms with Crippen molar-refractivity contribution in [2.24, 2.45) is 0 Å². The van der Waals surface area contributed by atoms with E-state index in [2.05, 4.69) is 23.7 Å². The zero-order valence-corrected chi connectivity index (χ0v) is 11.7. The third kappa shape index (κ3) is 4.15. The monoisotopic (exact) mass is 262 g/mol. The van der Waals surface area contributed by atoms with Crippen molar-refractivity contribution in [3.63, 3.8) is 0 Å². The summed E-state index contributed by atoms with van der Waals surface area (Å²) in [6.45, 7) is 9.11. The summed E-state index contributed by atoms with van der Waals surface area (Å²) >= 11 is 0. The first-order valence-electron chi connectivity index (χ1n) is 7.07. The second kappa shape index (κ2) is 6.83. The van der Waals surface area contributed by atoms with Crippen LogP contribution in [-0.4, -0.2) is 24.0 Å². The maximum absolute atomic E-state index is 13.9. The van der Waals surface area contributed by atoms with Gasteiger partial charge in [-0.25, -0.2) is 4.39 Å². The molecule has 1 aromatic carbocycles. The van der Waals surface area contributed by atoms with E-state index in [4.69, 9.17) is 0 Å². The van der Waals surface area contributed by atoms with Crippen molar-refractivity contribution in [2.75, 3.05) is 13.1 Å². The van der Waals surface area contributed by atoms with Crippen LogP contribution in [0.3, 0.4) is 0 Å². The van der Waals surface area contributed by atoms with E-state index in [0.717, 1.165) is 30.8 Å². The van der Waals surface area contributed by atoms with Crippen LogP contribution in [0.15, 0.2) is 30.9 Å². The fourth-order valence-corrected chi connectivity index (χ4v) is 2.30. The summed E-state index contributed by atoms with van der Waals surface area (Å²) in [5.41, 5.74) is 1.94. The van der Waals surface area contributed by atoms with Crippen molar-refractivity contribution >= 4 is 0 Å². The van der Waals surface area contributed by atoms with E-state index in [-0.39, 0.29) is 5.82 Å². The van der Waals surface area contributed by atoms with Crippen molar-refractivity contribution in [3.05, 3.63) is 47.8 Å². The van der Waals surface area contributed by atoms with Gasteiger partial charge in [0.15, 0.2) is 0 Å². The van der Waals surface area contributed by atoms with Crippen molar-refractivity contribution in [2.45, 2.75) is 38.9 Å². The average molecular weight is 262 g/mol. The molecule has 1 aliphatic carbocycles. The Hall–Kier alpha value is -1.19. The lowest BCUT2D eigenvalue weighted by Crippen LogP contribution is -2.26. The second-order valence-electron chi connectivity index (χ2n) is 5.16. The van der Waals surface area contributed by atoms with Crippen LogP contribution in [-0.2, 0) is 13.1 Å². The van der Waals surface area contributed by atoms with Gasteiger partial charge in [0, 0.05) is 31.2 Å². The maximum Gasteiger partial charge on any atom is 0.127 e. The zero-order valence-electron chi connectivity index (χ0n) is 11.7. The Morgan fingerprint density at radius 3 is 2.89 bits per heavy atom. The molecule has 1 fully saturated rings. The van der Waals surface area contributed by atoms with Crippen molar-refractivity contribution in [1.82, 2.24) is 10.2 Å². The predicted molar refractivity (Wildman–Crippen MR) is 77.4 cm³/mol. The Bertz CT molecular complexity index is 427. The summed E-state index contributed by atoms with van der Waals surface area (Å²) in [4.78, 5) is 2.31. The molecule has 1 aromatic rings. The number of nitrogens with one attached hydrogen (secondary N) is 1. The van der Waals surface area contributed by atoms with Gasteiger partial charge in [0.05, 0.1) is 0 Å². The highest BCUT2D eigenvalue weighted by Crippen LogP contribution is 2.28. The topological polar surface area (TPSA) is 15.3 Å². The van der Waals surface area contributed by atoms with Crippen molar-refractivity contribution < 1.29 is 4.39 Å². The van der Waals surface area contributed by atoms with E-state index in [1.807, 2.05) is 18.2 Å². The number of rotatable bonds is 8. The van der Waals surface area contributed by atoms with E-state index in [1.165, 1.54) is 12.8 Å². The summed E-state index contributed by atoms with van der Waals surface area (Å²) in [6.07, 6.45) is 4.36. The second-order valence-corrected chi connectivity index (χ2v) is 5.16. The van der Waals surface area contributed by atoms with E-state index < -0.39 is 0 Å². The Morgan fingerprint density at radius 2 is 2.26 bits per heavy atom. The molecule has 2 rings (SSSR count).